The van der Waals surface area contributed by atoms with Crippen molar-refractivity contribution < 1.29 is 9.90 Å². The van der Waals surface area contributed by atoms with Crippen LogP contribution in [0.5, 0.6) is 0 Å². The summed E-state index contributed by atoms with van der Waals surface area (Å²) in [5, 5.41) is 8.96. The van der Waals surface area contributed by atoms with E-state index in [1.165, 1.54) is 6.08 Å². The van der Waals surface area contributed by atoms with Crippen LogP contribution in [0.4, 0.5) is 5.69 Å². The van der Waals surface area contributed by atoms with Crippen molar-refractivity contribution in [2.24, 2.45) is 0 Å². The van der Waals surface area contributed by atoms with Gasteiger partial charge in [0, 0.05) is 18.8 Å². The zero-order valence-corrected chi connectivity index (χ0v) is 10.6. The van der Waals surface area contributed by atoms with Gasteiger partial charge in [-0.15, -0.1) is 0 Å². The maximum atomic E-state index is 10.1. The molecule has 0 atom stereocenters. The normalized spacial score (nSPS) is 11.2. The van der Waals surface area contributed by atoms with Crippen molar-refractivity contribution in [1.82, 2.24) is 0 Å². The van der Waals surface area contributed by atoms with Crippen LogP contribution in [-0.4, -0.2) is 31.1 Å². The van der Waals surface area contributed by atoms with Crippen molar-refractivity contribution >= 4 is 18.0 Å². The lowest BCUT2D eigenvalue weighted by atomic mass is 10.2. The van der Waals surface area contributed by atoms with Crippen molar-refractivity contribution in [2.75, 3.05) is 24.6 Å². The smallest absolute Gasteiger partial charge is 0.142 e. The Hall–Kier alpha value is -1.87. The Morgan fingerprint density at radius 3 is 2.44 bits per heavy atom. The Balaban J connectivity index is 2.69. The molecule has 0 fully saturated rings. The van der Waals surface area contributed by atoms with Crippen molar-refractivity contribution in [2.45, 2.75) is 6.92 Å². The quantitative estimate of drug-likeness (QED) is 0.455. The van der Waals surface area contributed by atoms with Gasteiger partial charge in [-0.05, 0) is 30.7 Å². The molecule has 3 heteroatoms. The second-order valence-electron chi connectivity index (χ2n) is 3.77. The number of hydrogen-bond donors (Lipinski definition) is 1. The van der Waals surface area contributed by atoms with E-state index in [1.807, 2.05) is 36.4 Å². The first kappa shape index (κ1) is 14.2. The van der Waals surface area contributed by atoms with Crippen LogP contribution >= 0.6 is 0 Å². The summed E-state index contributed by atoms with van der Waals surface area (Å²) in [6, 6.07) is 8.09. The van der Waals surface area contributed by atoms with Crippen LogP contribution in [0.25, 0.3) is 6.08 Å². The first-order chi connectivity index (χ1) is 8.81. The fourth-order valence-corrected chi connectivity index (χ4v) is 1.66. The van der Waals surface area contributed by atoms with Gasteiger partial charge in [0.05, 0.1) is 6.61 Å². The summed E-state index contributed by atoms with van der Waals surface area (Å²) in [5.74, 6) is 0. The Bertz CT molecular complexity index is 407. The number of aldehydes is 1. The minimum absolute atomic E-state index is 0.159. The van der Waals surface area contributed by atoms with Gasteiger partial charge < -0.3 is 10.0 Å². The number of hydrogen-bond acceptors (Lipinski definition) is 3. The summed E-state index contributed by atoms with van der Waals surface area (Å²) in [6.45, 7) is 3.74. The van der Waals surface area contributed by atoms with E-state index < -0.39 is 0 Å². The third kappa shape index (κ3) is 4.55. The number of anilines is 1. The van der Waals surface area contributed by atoms with Crippen LogP contribution in [0.3, 0.4) is 0 Å². The molecule has 0 unspecified atom stereocenters. The van der Waals surface area contributed by atoms with Crippen molar-refractivity contribution in [1.29, 1.82) is 0 Å². The van der Waals surface area contributed by atoms with Gasteiger partial charge in [-0.2, -0.15) is 0 Å². The van der Waals surface area contributed by atoms with Gasteiger partial charge in [0.1, 0.15) is 6.29 Å². The lowest BCUT2D eigenvalue weighted by molar-refractivity contribution is -0.104. The number of carbonyl (C=O) groups is 1. The molecule has 1 N–H and O–H groups in total. The Morgan fingerprint density at radius 2 is 1.89 bits per heavy atom. The third-order valence-electron chi connectivity index (χ3n) is 2.60. The minimum atomic E-state index is 0.159. The van der Waals surface area contributed by atoms with Crippen LogP contribution in [0, 0.1) is 0 Å². The average molecular weight is 245 g/mol. The molecule has 0 saturated heterocycles. The number of benzene rings is 1. The summed E-state index contributed by atoms with van der Waals surface area (Å²) in [7, 11) is 0. The molecular formula is C15H19NO2. The number of nitrogens with zero attached hydrogens (tertiary/aromatic N) is 1. The number of aliphatic hydroxyl groups excluding tert-OH is 1. The maximum Gasteiger partial charge on any atom is 0.142 e. The van der Waals surface area contributed by atoms with E-state index >= 15 is 0 Å². The fraction of sp³-hybridized carbons (Fsp3) is 0.267. The summed E-state index contributed by atoms with van der Waals surface area (Å²) in [4.78, 5) is 12.2. The van der Waals surface area contributed by atoms with E-state index in [1.54, 1.807) is 6.08 Å². The predicted octanol–water partition coefficient (Wildman–Crippen LogP) is 2.27. The SMILES string of the molecule is CCN(CCO)c1ccc(/C=C/C=C/C=O)cc1. The van der Waals surface area contributed by atoms with E-state index in [9.17, 15) is 4.79 Å². The minimum Gasteiger partial charge on any atom is -0.395 e. The molecule has 0 aliphatic heterocycles. The topological polar surface area (TPSA) is 40.5 Å². The molecule has 0 radical (unpaired) electrons. The number of likely N-dealkylation sites (N-methyl/N-ethyl adjacent to an activating group) is 1. The van der Waals surface area contributed by atoms with E-state index in [-0.39, 0.29) is 6.61 Å². The maximum absolute atomic E-state index is 10.1. The second kappa shape index (κ2) is 8.25. The van der Waals surface area contributed by atoms with Gasteiger partial charge in [-0.1, -0.05) is 30.4 Å². The summed E-state index contributed by atoms with van der Waals surface area (Å²) in [6.07, 6.45) is 7.66. The Kier molecular flexibility index (Phi) is 6.51. The standard InChI is InChI=1S/C15H19NO2/c1-2-16(11-13-18)15-9-7-14(8-10-15)6-4-3-5-12-17/h3-10,12,18H,2,11,13H2,1H3/b5-3+,6-4+. The zero-order valence-electron chi connectivity index (χ0n) is 10.6. The van der Waals surface area contributed by atoms with E-state index in [0.717, 1.165) is 24.1 Å². The van der Waals surface area contributed by atoms with Gasteiger partial charge in [-0.25, -0.2) is 0 Å². The molecule has 0 amide bonds. The molecular weight excluding hydrogens is 226 g/mol. The van der Waals surface area contributed by atoms with Crippen LogP contribution < -0.4 is 4.90 Å². The molecule has 96 valence electrons. The van der Waals surface area contributed by atoms with Gasteiger partial charge in [0.15, 0.2) is 0 Å². The lowest BCUT2D eigenvalue weighted by Crippen LogP contribution is -2.25. The molecule has 0 heterocycles. The van der Waals surface area contributed by atoms with E-state index in [2.05, 4.69) is 11.8 Å². The first-order valence-electron chi connectivity index (χ1n) is 6.06. The Labute approximate surface area is 108 Å². The highest BCUT2D eigenvalue weighted by molar-refractivity contribution is 5.66. The highest BCUT2D eigenvalue weighted by atomic mass is 16.3. The number of carbonyl (C=O) groups excluding carboxylic acids is 1. The summed E-state index contributed by atoms with van der Waals surface area (Å²) >= 11 is 0. The monoisotopic (exact) mass is 245 g/mol. The Morgan fingerprint density at radius 1 is 1.17 bits per heavy atom. The molecule has 1 rings (SSSR count). The van der Waals surface area contributed by atoms with Gasteiger partial charge in [0.25, 0.3) is 0 Å². The second-order valence-corrected chi connectivity index (χ2v) is 3.77. The lowest BCUT2D eigenvalue weighted by Gasteiger charge is -2.21. The van der Waals surface area contributed by atoms with E-state index in [4.69, 9.17) is 5.11 Å². The molecule has 0 aliphatic rings. The largest absolute Gasteiger partial charge is 0.395 e. The average Bonchev–Trinajstić information content (AvgIpc) is 2.42. The molecule has 0 saturated carbocycles. The van der Waals surface area contributed by atoms with Crippen molar-refractivity contribution in [3.8, 4) is 0 Å². The molecule has 0 spiro atoms. The van der Waals surface area contributed by atoms with E-state index in [0.29, 0.717) is 6.54 Å². The molecule has 18 heavy (non-hydrogen) atoms. The molecule has 0 aliphatic carbocycles. The molecule has 1 aromatic carbocycles. The number of aliphatic hydroxyl groups is 1. The number of allylic oxidation sites excluding steroid dienone is 3. The molecule has 3 nitrogen and oxygen atoms in total. The highest BCUT2D eigenvalue weighted by Gasteiger charge is 2.01. The van der Waals surface area contributed by atoms with Crippen molar-refractivity contribution in [3.63, 3.8) is 0 Å². The number of rotatable bonds is 7. The van der Waals surface area contributed by atoms with Gasteiger partial charge in [0.2, 0.25) is 0 Å². The van der Waals surface area contributed by atoms with Crippen LogP contribution in [0.2, 0.25) is 0 Å². The van der Waals surface area contributed by atoms with Gasteiger partial charge in [-0.3, -0.25) is 4.79 Å². The van der Waals surface area contributed by atoms with Crippen molar-refractivity contribution in [3.05, 3.63) is 48.1 Å². The predicted molar refractivity (Wildman–Crippen MR) is 75.7 cm³/mol. The molecule has 0 aromatic heterocycles. The van der Waals surface area contributed by atoms with Crippen LogP contribution in [0.1, 0.15) is 12.5 Å². The molecule has 0 bridgehead atoms. The third-order valence-corrected chi connectivity index (χ3v) is 2.60. The van der Waals surface area contributed by atoms with Gasteiger partial charge >= 0.3 is 0 Å². The van der Waals surface area contributed by atoms with Crippen LogP contribution in [-0.2, 0) is 4.79 Å². The summed E-state index contributed by atoms with van der Waals surface area (Å²) in [5.41, 5.74) is 2.18. The van der Waals surface area contributed by atoms with Crippen LogP contribution in [0.15, 0.2) is 42.5 Å². The summed E-state index contributed by atoms with van der Waals surface area (Å²) < 4.78 is 0. The zero-order chi connectivity index (χ0) is 13.2. The molecule has 1 aromatic rings. The first-order valence-corrected chi connectivity index (χ1v) is 6.06. The fourth-order valence-electron chi connectivity index (χ4n) is 1.66. The highest BCUT2D eigenvalue weighted by Crippen LogP contribution is 2.15.